The summed E-state index contributed by atoms with van der Waals surface area (Å²) in [5.74, 6) is 3.01. The van der Waals surface area contributed by atoms with E-state index in [0.29, 0.717) is 0 Å². The summed E-state index contributed by atoms with van der Waals surface area (Å²) < 4.78 is 0. The van der Waals surface area contributed by atoms with Crippen molar-refractivity contribution in [2.24, 2.45) is 0 Å². The minimum atomic E-state index is -0.722. The average Bonchev–Trinajstić information content (AvgIpc) is 2.31. The molecule has 0 unspecified atom stereocenters. The lowest BCUT2D eigenvalue weighted by molar-refractivity contribution is 0.0611. The van der Waals surface area contributed by atoms with E-state index in [0.717, 1.165) is 30.6 Å². The molecule has 1 fully saturated rings. The molecule has 1 aromatic carbocycles. The first-order chi connectivity index (χ1) is 7.79. The molecule has 1 N–H and O–H groups in total. The van der Waals surface area contributed by atoms with Gasteiger partial charge < -0.3 is 5.11 Å². The SMILES string of the molecule is OC1(C#CSc2ccccc2)CCCCC1. The molecule has 16 heavy (non-hydrogen) atoms. The minimum absolute atomic E-state index is 0.722. The molecule has 1 nitrogen and oxygen atoms in total. The molecule has 0 amide bonds. The zero-order chi connectivity index (χ0) is 11.3. The number of thioether (sulfide) groups is 1. The van der Waals surface area contributed by atoms with Crippen molar-refractivity contribution in [2.75, 3.05) is 0 Å². The molecular formula is C14H16OS. The Labute approximate surface area is 101 Å². The van der Waals surface area contributed by atoms with Crippen LogP contribution in [0, 0.1) is 11.2 Å². The molecule has 0 atom stereocenters. The largest absolute Gasteiger partial charge is 0.378 e. The third-order valence-electron chi connectivity index (χ3n) is 2.88. The van der Waals surface area contributed by atoms with Gasteiger partial charge in [-0.1, -0.05) is 30.5 Å². The molecule has 0 bridgehead atoms. The summed E-state index contributed by atoms with van der Waals surface area (Å²) in [5.41, 5.74) is -0.722. The van der Waals surface area contributed by atoms with Crippen LogP contribution in [0.2, 0.25) is 0 Å². The van der Waals surface area contributed by atoms with Gasteiger partial charge in [-0.2, -0.15) is 0 Å². The van der Waals surface area contributed by atoms with Crippen molar-refractivity contribution in [3.63, 3.8) is 0 Å². The van der Waals surface area contributed by atoms with Crippen LogP contribution in [0.15, 0.2) is 35.2 Å². The van der Waals surface area contributed by atoms with Gasteiger partial charge in [0, 0.05) is 4.90 Å². The van der Waals surface area contributed by atoms with E-state index >= 15 is 0 Å². The number of hydrogen-bond donors (Lipinski definition) is 1. The maximum Gasteiger partial charge on any atom is 0.126 e. The van der Waals surface area contributed by atoms with E-state index in [4.69, 9.17) is 0 Å². The average molecular weight is 232 g/mol. The van der Waals surface area contributed by atoms with Gasteiger partial charge in [-0.05, 0) is 54.8 Å². The van der Waals surface area contributed by atoms with E-state index in [1.165, 1.54) is 18.2 Å². The summed E-state index contributed by atoms with van der Waals surface area (Å²) in [6.07, 6.45) is 5.09. The molecule has 84 valence electrons. The standard InChI is InChI=1S/C14H16OS/c15-14(9-5-2-6-10-14)11-12-16-13-7-3-1-4-8-13/h1,3-4,7-8,15H,2,5-6,9-10H2. The highest BCUT2D eigenvalue weighted by Crippen LogP contribution is 2.27. The summed E-state index contributed by atoms with van der Waals surface area (Å²) in [6.45, 7) is 0. The molecule has 0 spiro atoms. The predicted molar refractivity (Wildman–Crippen MR) is 68.1 cm³/mol. The summed E-state index contributed by atoms with van der Waals surface area (Å²) >= 11 is 1.49. The van der Waals surface area contributed by atoms with Gasteiger partial charge in [0.2, 0.25) is 0 Å². The Hall–Kier alpha value is -0.910. The summed E-state index contributed by atoms with van der Waals surface area (Å²) in [7, 11) is 0. The van der Waals surface area contributed by atoms with Gasteiger partial charge in [0.05, 0.1) is 0 Å². The summed E-state index contributed by atoms with van der Waals surface area (Å²) in [4.78, 5) is 1.13. The van der Waals surface area contributed by atoms with Crippen molar-refractivity contribution in [1.29, 1.82) is 0 Å². The highest BCUT2D eigenvalue weighted by atomic mass is 32.2. The maximum absolute atomic E-state index is 10.2. The lowest BCUT2D eigenvalue weighted by Crippen LogP contribution is -2.28. The van der Waals surface area contributed by atoms with E-state index in [9.17, 15) is 5.11 Å². The van der Waals surface area contributed by atoms with Crippen LogP contribution in [0.5, 0.6) is 0 Å². The lowest BCUT2D eigenvalue weighted by atomic mass is 9.86. The van der Waals surface area contributed by atoms with E-state index in [1.54, 1.807) is 0 Å². The third-order valence-corrected chi connectivity index (χ3v) is 3.59. The molecule has 2 rings (SSSR count). The van der Waals surface area contributed by atoms with Gasteiger partial charge >= 0.3 is 0 Å². The molecule has 1 aliphatic rings. The molecule has 0 heterocycles. The van der Waals surface area contributed by atoms with E-state index < -0.39 is 5.60 Å². The van der Waals surface area contributed by atoms with Crippen LogP contribution >= 0.6 is 11.8 Å². The van der Waals surface area contributed by atoms with Gasteiger partial charge in [0.15, 0.2) is 0 Å². The fraction of sp³-hybridized carbons (Fsp3) is 0.429. The van der Waals surface area contributed by atoms with E-state index in [-0.39, 0.29) is 0 Å². The molecule has 0 saturated heterocycles. The monoisotopic (exact) mass is 232 g/mol. The van der Waals surface area contributed by atoms with Gasteiger partial charge in [0.1, 0.15) is 5.60 Å². The molecule has 1 aromatic rings. The lowest BCUT2D eigenvalue weighted by Gasteiger charge is -2.26. The zero-order valence-electron chi connectivity index (χ0n) is 9.28. The van der Waals surface area contributed by atoms with Crippen LogP contribution in [-0.4, -0.2) is 10.7 Å². The first-order valence-corrected chi connectivity index (χ1v) is 6.57. The number of rotatable bonds is 1. The van der Waals surface area contributed by atoms with Crippen molar-refractivity contribution in [1.82, 2.24) is 0 Å². The van der Waals surface area contributed by atoms with Crippen LogP contribution < -0.4 is 0 Å². The highest BCUT2D eigenvalue weighted by molar-refractivity contribution is 8.03. The molecule has 1 aliphatic carbocycles. The quantitative estimate of drug-likeness (QED) is 0.591. The van der Waals surface area contributed by atoms with Gasteiger partial charge in [-0.15, -0.1) is 0 Å². The summed E-state index contributed by atoms with van der Waals surface area (Å²) in [6, 6.07) is 10.1. The van der Waals surface area contributed by atoms with Crippen molar-refractivity contribution < 1.29 is 5.11 Å². The summed E-state index contributed by atoms with van der Waals surface area (Å²) in [5, 5.41) is 13.2. The van der Waals surface area contributed by atoms with Crippen molar-refractivity contribution in [3.05, 3.63) is 30.3 Å². The van der Waals surface area contributed by atoms with E-state index in [2.05, 4.69) is 11.2 Å². The molecule has 0 radical (unpaired) electrons. The van der Waals surface area contributed by atoms with Crippen molar-refractivity contribution >= 4 is 11.8 Å². The predicted octanol–water partition coefficient (Wildman–Crippen LogP) is 3.43. The zero-order valence-corrected chi connectivity index (χ0v) is 10.1. The van der Waals surface area contributed by atoms with Gasteiger partial charge in [-0.25, -0.2) is 0 Å². The number of aliphatic hydroxyl groups is 1. The molecule has 1 saturated carbocycles. The normalized spacial score (nSPS) is 18.6. The maximum atomic E-state index is 10.2. The van der Waals surface area contributed by atoms with Crippen molar-refractivity contribution in [2.45, 2.75) is 42.6 Å². The van der Waals surface area contributed by atoms with Crippen LogP contribution in [0.4, 0.5) is 0 Å². The Kier molecular flexibility index (Phi) is 3.93. The molecule has 0 aliphatic heterocycles. The second-order valence-electron chi connectivity index (χ2n) is 4.23. The van der Waals surface area contributed by atoms with Crippen molar-refractivity contribution in [3.8, 4) is 11.2 Å². The Bertz CT molecular complexity index is 382. The second kappa shape index (κ2) is 5.43. The van der Waals surface area contributed by atoms with Gasteiger partial charge in [0.25, 0.3) is 0 Å². The fourth-order valence-corrected chi connectivity index (χ4v) is 2.58. The Morgan fingerprint density at radius 1 is 1.06 bits per heavy atom. The minimum Gasteiger partial charge on any atom is -0.378 e. The first kappa shape index (κ1) is 11.6. The smallest absolute Gasteiger partial charge is 0.126 e. The second-order valence-corrected chi connectivity index (χ2v) is 5.11. The number of hydrogen-bond acceptors (Lipinski definition) is 2. The Balaban J connectivity index is 1.94. The Morgan fingerprint density at radius 3 is 2.44 bits per heavy atom. The molecular weight excluding hydrogens is 216 g/mol. The molecule has 2 heteroatoms. The van der Waals surface area contributed by atoms with Crippen LogP contribution in [0.25, 0.3) is 0 Å². The van der Waals surface area contributed by atoms with Gasteiger partial charge in [-0.3, -0.25) is 0 Å². The van der Waals surface area contributed by atoms with Crippen LogP contribution in [0.3, 0.4) is 0 Å². The highest BCUT2D eigenvalue weighted by Gasteiger charge is 2.26. The molecule has 0 aromatic heterocycles. The number of benzene rings is 1. The van der Waals surface area contributed by atoms with E-state index in [1.807, 2.05) is 30.3 Å². The van der Waals surface area contributed by atoms with Crippen LogP contribution in [-0.2, 0) is 0 Å². The third kappa shape index (κ3) is 3.30. The Morgan fingerprint density at radius 2 is 1.75 bits per heavy atom. The fourth-order valence-electron chi connectivity index (χ4n) is 1.93. The topological polar surface area (TPSA) is 20.2 Å². The first-order valence-electron chi connectivity index (χ1n) is 5.75. The van der Waals surface area contributed by atoms with Crippen LogP contribution in [0.1, 0.15) is 32.1 Å².